The van der Waals surface area contributed by atoms with Gasteiger partial charge in [-0.25, -0.2) is 0 Å². The summed E-state index contributed by atoms with van der Waals surface area (Å²) in [5.41, 5.74) is 4.84. The largest absolute Gasteiger partial charge is 0.381 e. The van der Waals surface area contributed by atoms with Crippen LogP contribution >= 0.6 is 0 Å². The minimum absolute atomic E-state index is 0.301. The first-order valence-electron chi connectivity index (χ1n) is 6.33. The van der Waals surface area contributed by atoms with Crippen molar-refractivity contribution in [2.24, 2.45) is 17.6 Å². The minimum atomic E-state index is -0.667. The van der Waals surface area contributed by atoms with Crippen molar-refractivity contribution < 1.29 is 14.3 Å². The van der Waals surface area contributed by atoms with Crippen LogP contribution in [0.3, 0.4) is 0 Å². The summed E-state index contributed by atoms with van der Waals surface area (Å²) in [5.74, 6) is 0.506. The minimum Gasteiger partial charge on any atom is -0.381 e. The highest BCUT2D eigenvalue weighted by atomic mass is 16.5. The standard InChI is InChI=1S/C12H22N2O3/c1-14-12(11(13)15,10-2-3-10)8-17-7-9-4-5-16-6-9/h9-10,14H,2-8H2,1H3,(H2,13,15). The molecule has 1 saturated heterocycles. The Bertz CT molecular complexity index is 275. The molecule has 0 spiro atoms. The Balaban J connectivity index is 1.82. The summed E-state index contributed by atoms with van der Waals surface area (Å²) in [5, 5.41) is 3.07. The van der Waals surface area contributed by atoms with Crippen LogP contribution in [0.15, 0.2) is 0 Å². The Kier molecular flexibility index (Phi) is 4.01. The van der Waals surface area contributed by atoms with Gasteiger partial charge in [-0.05, 0) is 32.2 Å². The molecular formula is C12H22N2O3. The van der Waals surface area contributed by atoms with Crippen molar-refractivity contribution in [1.82, 2.24) is 5.32 Å². The summed E-state index contributed by atoms with van der Waals surface area (Å²) < 4.78 is 11.0. The fraction of sp³-hybridized carbons (Fsp3) is 0.917. The highest BCUT2D eigenvalue weighted by Crippen LogP contribution is 2.39. The normalized spacial score (nSPS) is 27.9. The molecule has 1 heterocycles. The number of nitrogens with two attached hydrogens (primary N) is 1. The van der Waals surface area contributed by atoms with Gasteiger partial charge in [0, 0.05) is 12.5 Å². The SMILES string of the molecule is CNC(COCC1CCOC1)(C(N)=O)C1CC1. The Labute approximate surface area is 102 Å². The molecule has 0 bridgehead atoms. The molecule has 17 heavy (non-hydrogen) atoms. The van der Waals surface area contributed by atoms with Gasteiger partial charge in [-0.2, -0.15) is 0 Å². The summed E-state index contributed by atoms with van der Waals surface area (Å²) in [6, 6.07) is 0. The molecule has 98 valence electrons. The molecule has 3 N–H and O–H groups in total. The molecule has 0 aromatic carbocycles. The molecule has 0 radical (unpaired) electrons. The average molecular weight is 242 g/mol. The number of carbonyl (C=O) groups excluding carboxylic acids is 1. The van der Waals surface area contributed by atoms with E-state index in [2.05, 4.69) is 5.32 Å². The molecule has 2 unspecified atom stereocenters. The number of primary amides is 1. The van der Waals surface area contributed by atoms with E-state index in [4.69, 9.17) is 15.2 Å². The van der Waals surface area contributed by atoms with Crippen LogP contribution in [0.5, 0.6) is 0 Å². The molecule has 0 aromatic rings. The second kappa shape index (κ2) is 5.33. The van der Waals surface area contributed by atoms with Crippen LogP contribution in [0.1, 0.15) is 19.3 Å². The molecule has 5 heteroatoms. The van der Waals surface area contributed by atoms with E-state index in [0.29, 0.717) is 25.0 Å². The second-order valence-electron chi connectivity index (χ2n) is 5.10. The first-order chi connectivity index (χ1) is 8.19. The van der Waals surface area contributed by atoms with Gasteiger partial charge in [0.2, 0.25) is 5.91 Å². The van der Waals surface area contributed by atoms with Crippen LogP contribution in [-0.2, 0) is 14.3 Å². The van der Waals surface area contributed by atoms with Crippen LogP contribution in [0.25, 0.3) is 0 Å². The van der Waals surface area contributed by atoms with E-state index in [1.165, 1.54) is 0 Å². The Hall–Kier alpha value is -0.650. The van der Waals surface area contributed by atoms with Crippen molar-refractivity contribution in [1.29, 1.82) is 0 Å². The lowest BCUT2D eigenvalue weighted by molar-refractivity contribution is -0.128. The van der Waals surface area contributed by atoms with Gasteiger partial charge in [0.15, 0.2) is 0 Å². The van der Waals surface area contributed by atoms with E-state index in [0.717, 1.165) is 32.5 Å². The smallest absolute Gasteiger partial charge is 0.240 e. The van der Waals surface area contributed by atoms with Crippen LogP contribution in [0.2, 0.25) is 0 Å². The third-order valence-electron chi connectivity index (χ3n) is 3.87. The molecule has 2 rings (SSSR count). The number of likely N-dealkylation sites (N-methyl/N-ethyl adjacent to an activating group) is 1. The van der Waals surface area contributed by atoms with Gasteiger partial charge in [0.05, 0.1) is 19.8 Å². The highest BCUT2D eigenvalue weighted by Gasteiger charge is 2.49. The zero-order valence-electron chi connectivity index (χ0n) is 10.4. The van der Waals surface area contributed by atoms with Gasteiger partial charge >= 0.3 is 0 Å². The lowest BCUT2D eigenvalue weighted by Gasteiger charge is -2.30. The maximum atomic E-state index is 11.6. The summed E-state index contributed by atoms with van der Waals surface area (Å²) in [6.07, 6.45) is 3.16. The van der Waals surface area contributed by atoms with Crippen molar-refractivity contribution in [3.05, 3.63) is 0 Å². The van der Waals surface area contributed by atoms with Crippen molar-refractivity contribution >= 4 is 5.91 Å². The van der Waals surface area contributed by atoms with Gasteiger partial charge in [0.1, 0.15) is 5.54 Å². The quantitative estimate of drug-likeness (QED) is 0.653. The predicted octanol–water partition coefficient (Wildman–Crippen LogP) is -0.107. The molecule has 2 aliphatic rings. The second-order valence-corrected chi connectivity index (χ2v) is 5.10. The average Bonchev–Trinajstić information content (AvgIpc) is 3.03. The Morgan fingerprint density at radius 1 is 1.53 bits per heavy atom. The lowest BCUT2D eigenvalue weighted by atomic mass is 9.93. The predicted molar refractivity (Wildman–Crippen MR) is 63.5 cm³/mol. The molecule has 1 aliphatic heterocycles. The van der Waals surface area contributed by atoms with E-state index in [1.54, 1.807) is 7.05 Å². The van der Waals surface area contributed by atoms with Crippen molar-refractivity contribution in [3.8, 4) is 0 Å². The molecule has 2 fully saturated rings. The van der Waals surface area contributed by atoms with Crippen molar-refractivity contribution in [3.63, 3.8) is 0 Å². The van der Waals surface area contributed by atoms with E-state index < -0.39 is 5.54 Å². The van der Waals surface area contributed by atoms with E-state index >= 15 is 0 Å². The fourth-order valence-electron chi connectivity index (χ4n) is 2.47. The summed E-state index contributed by atoms with van der Waals surface area (Å²) >= 11 is 0. The first kappa shape index (κ1) is 12.8. The number of carbonyl (C=O) groups is 1. The Morgan fingerprint density at radius 3 is 2.76 bits per heavy atom. The lowest BCUT2D eigenvalue weighted by Crippen LogP contribution is -2.59. The molecule has 2 atom stereocenters. The third kappa shape index (κ3) is 2.78. The molecule has 1 amide bonds. The van der Waals surface area contributed by atoms with Gasteiger partial charge < -0.3 is 20.5 Å². The number of nitrogens with one attached hydrogen (secondary N) is 1. The van der Waals surface area contributed by atoms with E-state index in [1.807, 2.05) is 0 Å². The van der Waals surface area contributed by atoms with Crippen LogP contribution in [-0.4, -0.2) is 44.9 Å². The molecule has 0 aromatic heterocycles. The molecule has 1 aliphatic carbocycles. The van der Waals surface area contributed by atoms with Crippen LogP contribution in [0, 0.1) is 11.8 Å². The maximum Gasteiger partial charge on any atom is 0.240 e. The molecule has 1 saturated carbocycles. The van der Waals surface area contributed by atoms with Crippen molar-refractivity contribution in [2.75, 3.05) is 33.5 Å². The van der Waals surface area contributed by atoms with Crippen LogP contribution in [0.4, 0.5) is 0 Å². The summed E-state index contributed by atoms with van der Waals surface area (Å²) in [6.45, 7) is 2.62. The zero-order valence-corrected chi connectivity index (χ0v) is 10.4. The topological polar surface area (TPSA) is 73.6 Å². The zero-order chi connectivity index (χ0) is 12.3. The molecule has 5 nitrogen and oxygen atoms in total. The monoisotopic (exact) mass is 242 g/mol. The van der Waals surface area contributed by atoms with E-state index in [-0.39, 0.29) is 5.91 Å². The fourth-order valence-corrected chi connectivity index (χ4v) is 2.47. The number of rotatable bonds is 7. The van der Waals surface area contributed by atoms with Crippen LogP contribution < -0.4 is 11.1 Å². The summed E-state index contributed by atoms with van der Waals surface area (Å²) in [4.78, 5) is 11.6. The van der Waals surface area contributed by atoms with Gasteiger partial charge in [-0.3, -0.25) is 4.79 Å². The maximum absolute atomic E-state index is 11.6. The van der Waals surface area contributed by atoms with Gasteiger partial charge in [0.25, 0.3) is 0 Å². The highest BCUT2D eigenvalue weighted by molar-refractivity contribution is 5.85. The number of hydrogen-bond donors (Lipinski definition) is 2. The van der Waals surface area contributed by atoms with Crippen molar-refractivity contribution in [2.45, 2.75) is 24.8 Å². The van der Waals surface area contributed by atoms with Gasteiger partial charge in [-0.1, -0.05) is 0 Å². The third-order valence-corrected chi connectivity index (χ3v) is 3.87. The molecular weight excluding hydrogens is 220 g/mol. The number of amides is 1. The first-order valence-corrected chi connectivity index (χ1v) is 6.33. The summed E-state index contributed by atoms with van der Waals surface area (Å²) in [7, 11) is 1.78. The van der Waals surface area contributed by atoms with E-state index in [9.17, 15) is 4.79 Å². The van der Waals surface area contributed by atoms with Gasteiger partial charge in [-0.15, -0.1) is 0 Å². The number of ether oxygens (including phenoxy) is 2. The Morgan fingerprint density at radius 2 is 2.29 bits per heavy atom. The number of hydrogen-bond acceptors (Lipinski definition) is 4.